The predicted molar refractivity (Wildman–Crippen MR) is 76.9 cm³/mol. The molecule has 0 heterocycles. The van der Waals surface area contributed by atoms with Crippen LogP contribution in [0.4, 0.5) is 11.4 Å². The molecule has 0 aliphatic rings. The average Bonchev–Trinajstić information content (AvgIpc) is 2.35. The zero-order valence-electron chi connectivity index (χ0n) is 12.3. The fourth-order valence-electron chi connectivity index (χ4n) is 1.93. The highest BCUT2D eigenvalue weighted by atomic mass is 16.6. The summed E-state index contributed by atoms with van der Waals surface area (Å²) in [6.07, 6.45) is 0. The second-order valence-corrected chi connectivity index (χ2v) is 4.81. The third-order valence-electron chi connectivity index (χ3n) is 2.82. The lowest BCUT2D eigenvalue weighted by Gasteiger charge is -2.28. The third-order valence-corrected chi connectivity index (χ3v) is 2.82. The Balaban J connectivity index is 3.08. The first kappa shape index (κ1) is 15.9. The Morgan fingerprint density at radius 3 is 2.55 bits per heavy atom. The molecule has 0 saturated heterocycles. The maximum atomic E-state index is 11.6. The highest BCUT2D eigenvalue weighted by molar-refractivity contribution is 5.76. The quantitative estimate of drug-likeness (QED) is 0.455. The van der Waals surface area contributed by atoms with Gasteiger partial charge in [0, 0.05) is 23.9 Å². The SMILES string of the molecule is CCOC(=O)CN(c1cc(C)cc([N+](=O)[O-])c1)C(C)C. The van der Waals surface area contributed by atoms with Crippen LogP contribution in [-0.2, 0) is 9.53 Å². The van der Waals surface area contributed by atoms with Crippen molar-refractivity contribution in [1.29, 1.82) is 0 Å². The largest absolute Gasteiger partial charge is 0.465 e. The molecule has 0 aliphatic carbocycles. The van der Waals surface area contributed by atoms with Crippen molar-refractivity contribution in [1.82, 2.24) is 0 Å². The molecule has 1 aromatic carbocycles. The zero-order chi connectivity index (χ0) is 15.3. The van der Waals surface area contributed by atoms with Gasteiger partial charge in [0.2, 0.25) is 0 Å². The number of rotatable bonds is 6. The predicted octanol–water partition coefficient (Wildman–Crippen LogP) is 2.68. The first-order valence-corrected chi connectivity index (χ1v) is 6.53. The normalized spacial score (nSPS) is 10.4. The Morgan fingerprint density at radius 2 is 2.05 bits per heavy atom. The van der Waals surface area contributed by atoms with Crippen molar-refractivity contribution in [3.8, 4) is 0 Å². The van der Waals surface area contributed by atoms with E-state index in [-0.39, 0.29) is 24.2 Å². The molecule has 1 aromatic rings. The molecule has 0 amide bonds. The van der Waals surface area contributed by atoms with Gasteiger partial charge >= 0.3 is 5.97 Å². The molecule has 0 saturated carbocycles. The maximum Gasteiger partial charge on any atom is 0.325 e. The number of ether oxygens (including phenoxy) is 1. The van der Waals surface area contributed by atoms with E-state index in [1.165, 1.54) is 12.1 Å². The molecule has 20 heavy (non-hydrogen) atoms. The van der Waals surface area contributed by atoms with Gasteiger partial charge in [-0.2, -0.15) is 0 Å². The van der Waals surface area contributed by atoms with Crippen molar-refractivity contribution >= 4 is 17.3 Å². The van der Waals surface area contributed by atoms with Gasteiger partial charge in [0.15, 0.2) is 0 Å². The van der Waals surface area contributed by atoms with Crippen molar-refractivity contribution in [3.05, 3.63) is 33.9 Å². The number of aryl methyl sites for hydroxylation is 1. The molecule has 0 fully saturated rings. The van der Waals surface area contributed by atoms with Gasteiger partial charge in [0.1, 0.15) is 6.54 Å². The highest BCUT2D eigenvalue weighted by Crippen LogP contribution is 2.25. The van der Waals surface area contributed by atoms with E-state index in [9.17, 15) is 14.9 Å². The number of nitro groups is 1. The van der Waals surface area contributed by atoms with Crippen LogP contribution in [0.5, 0.6) is 0 Å². The number of nitrogens with zero attached hydrogens (tertiary/aromatic N) is 2. The van der Waals surface area contributed by atoms with Crippen molar-refractivity contribution in [3.63, 3.8) is 0 Å². The molecule has 0 bridgehead atoms. The summed E-state index contributed by atoms with van der Waals surface area (Å²) < 4.78 is 4.94. The number of anilines is 1. The second kappa shape index (κ2) is 6.88. The number of hydrogen-bond acceptors (Lipinski definition) is 5. The number of carbonyl (C=O) groups excluding carboxylic acids is 1. The van der Waals surface area contributed by atoms with E-state index in [1.54, 1.807) is 18.7 Å². The molecule has 6 nitrogen and oxygen atoms in total. The number of nitro benzene ring substituents is 1. The van der Waals surface area contributed by atoms with E-state index in [4.69, 9.17) is 4.74 Å². The average molecular weight is 280 g/mol. The summed E-state index contributed by atoms with van der Waals surface area (Å²) in [6, 6.07) is 4.84. The summed E-state index contributed by atoms with van der Waals surface area (Å²) in [5.41, 5.74) is 1.46. The van der Waals surface area contributed by atoms with Crippen LogP contribution in [0.25, 0.3) is 0 Å². The zero-order valence-corrected chi connectivity index (χ0v) is 12.3. The van der Waals surface area contributed by atoms with Crippen LogP contribution in [0.1, 0.15) is 26.3 Å². The minimum atomic E-state index is -0.431. The Labute approximate surface area is 118 Å². The van der Waals surface area contributed by atoms with Gasteiger partial charge in [0.25, 0.3) is 5.69 Å². The van der Waals surface area contributed by atoms with E-state index in [0.717, 1.165) is 5.56 Å². The molecular weight excluding hydrogens is 260 g/mol. The van der Waals surface area contributed by atoms with Crippen LogP contribution in [0.2, 0.25) is 0 Å². The van der Waals surface area contributed by atoms with Crippen molar-refractivity contribution in [2.24, 2.45) is 0 Å². The molecule has 0 spiro atoms. The second-order valence-electron chi connectivity index (χ2n) is 4.81. The highest BCUT2D eigenvalue weighted by Gasteiger charge is 2.18. The number of hydrogen-bond donors (Lipinski definition) is 0. The summed E-state index contributed by atoms with van der Waals surface area (Å²) in [7, 11) is 0. The minimum absolute atomic E-state index is 0.0227. The molecule has 1 rings (SSSR count). The molecule has 0 atom stereocenters. The number of benzene rings is 1. The van der Waals surface area contributed by atoms with Crippen LogP contribution < -0.4 is 4.90 Å². The van der Waals surface area contributed by atoms with Crippen LogP contribution in [-0.4, -0.2) is 30.1 Å². The van der Waals surface area contributed by atoms with E-state index < -0.39 is 4.92 Å². The Bertz CT molecular complexity index is 500. The van der Waals surface area contributed by atoms with Gasteiger partial charge < -0.3 is 9.64 Å². The topological polar surface area (TPSA) is 72.7 Å². The van der Waals surface area contributed by atoms with Crippen LogP contribution >= 0.6 is 0 Å². The fourth-order valence-corrected chi connectivity index (χ4v) is 1.93. The van der Waals surface area contributed by atoms with E-state index in [2.05, 4.69) is 0 Å². The van der Waals surface area contributed by atoms with Gasteiger partial charge in [-0.1, -0.05) is 0 Å². The maximum absolute atomic E-state index is 11.6. The van der Waals surface area contributed by atoms with E-state index in [1.807, 2.05) is 19.9 Å². The lowest BCUT2D eigenvalue weighted by molar-refractivity contribution is -0.384. The molecule has 6 heteroatoms. The van der Waals surface area contributed by atoms with Gasteiger partial charge in [-0.15, -0.1) is 0 Å². The smallest absolute Gasteiger partial charge is 0.325 e. The molecule has 110 valence electrons. The lowest BCUT2D eigenvalue weighted by atomic mass is 10.1. The Kier molecular flexibility index (Phi) is 5.49. The van der Waals surface area contributed by atoms with Gasteiger partial charge in [-0.25, -0.2) is 0 Å². The van der Waals surface area contributed by atoms with E-state index in [0.29, 0.717) is 12.3 Å². The van der Waals surface area contributed by atoms with Crippen LogP contribution in [0, 0.1) is 17.0 Å². The number of esters is 1. The van der Waals surface area contributed by atoms with Crippen molar-refractivity contribution in [2.75, 3.05) is 18.1 Å². The molecule has 0 N–H and O–H groups in total. The first-order valence-electron chi connectivity index (χ1n) is 6.53. The number of carbonyl (C=O) groups is 1. The van der Waals surface area contributed by atoms with Crippen LogP contribution in [0.3, 0.4) is 0 Å². The molecule has 0 aromatic heterocycles. The van der Waals surface area contributed by atoms with Crippen molar-refractivity contribution in [2.45, 2.75) is 33.7 Å². The van der Waals surface area contributed by atoms with Gasteiger partial charge in [-0.3, -0.25) is 14.9 Å². The van der Waals surface area contributed by atoms with Gasteiger partial charge in [-0.05, 0) is 39.3 Å². The summed E-state index contributed by atoms with van der Waals surface area (Å²) in [5, 5.41) is 10.9. The minimum Gasteiger partial charge on any atom is -0.465 e. The summed E-state index contributed by atoms with van der Waals surface area (Å²) in [6.45, 7) is 7.78. The molecule has 0 aliphatic heterocycles. The number of non-ortho nitro benzene ring substituents is 1. The molecule has 0 unspecified atom stereocenters. The van der Waals surface area contributed by atoms with Crippen LogP contribution in [0.15, 0.2) is 18.2 Å². The third kappa shape index (κ3) is 4.22. The monoisotopic (exact) mass is 280 g/mol. The summed E-state index contributed by atoms with van der Waals surface area (Å²) in [5.74, 6) is -0.342. The van der Waals surface area contributed by atoms with Crippen molar-refractivity contribution < 1.29 is 14.5 Å². The molecule has 0 radical (unpaired) electrons. The Hall–Kier alpha value is -2.11. The van der Waals surface area contributed by atoms with E-state index >= 15 is 0 Å². The fraction of sp³-hybridized carbons (Fsp3) is 0.500. The lowest BCUT2D eigenvalue weighted by Crippen LogP contribution is -2.36. The van der Waals surface area contributed by atoms with Gasteiger partial charge in [0.05, 0.1) is 11.5 Å². The summed E-state index contributed by atoms with van der Waals surface area (Å²) >= 11 is 0. The molecular formula is C14H20N2O4. The standard InChI is InChI=1S/C14H20N2O4/c1-5-20-14(17)9-15(10(2)3)12-6-11(4)7-13(8-12)16(18)19/h6-8,10H,5,9H2,1-4H3. The Morgan fingerprint density at radius 1 is 1.40 bits per heavy atom. The first-order chi connectivity index (χ1) is 9.35. The summed E-state index contributed by atoms with van der Waals surface area (Å²) in [4.78, 5) is 23.9.